The van der Waals surface area contributed by atoms with Crippen molar-refractivity contribution in [3.63, 3.8) is 0 Å². The monoisotopic (exact) mass is 347 g/mol. The van der Waals surface area contributed by atoms with Crippen LogP contribution in [-0.2, 0) is 9.47 Å². The summed E-state index contributed by atoms with van der Waals surface area (Å²) in [4.78, 5) is 12.0. The molecule has 1 fully saturated rings. The van der Waals surface area contributed by atoms with E-state index in [1.54, 1.807) is 6.26 Å². The van der Waals surface area contributed by atoms with Crippen molar-refractivity contribution < 1.29 is 18.7 Å². The van der Waals surface area contributed by atoms with Crippen LogP contribution < -0.4 is 5.32 Å². The summed E-state index contributed by atoms with van der Waals surface area (Å²) >= 11 is 0. The van der Waals surface area contributed by atoms with E-state index < -0.39 is 0 Å². The maximum Gasteiger partial charge on any atom is 0.407 e. The van der Waals surface area contributed by atoms with Crippen molar-refractivity contribution in [2.75, 3.05) is 13.2 Å². The van der Waals surface area contributed by atoms with Crippen LogP contribution in [0, 0.1) is 23.2 Å². The number of amides is 1. The van der Waals surface area contributed by atoms with Crippen molar-refractivity contribution in [1.29, 1.82) is 0 Å². The first kappa shape index (κ1) is 18.1. The highest BCUT2D eigenvalue weighted by atomic mass is 16.6. The molecule has 1 N–H and O–H groups in total. The summed E-state index contributed by atoms with van der Waals surface area (Å²) in [6.45, 7) is 11.4. The minimum Gasteiger partial charge on any atom is -0.467 e. The summed E-state index contributed by atoms with van der Waals surface area (Å²) in [7, 11) is 0. The highest BCUT2D eigenvalue weighted by Crippen LogP contribution is 2.56. The van der Waals surface area contributed by atoms with Gasteiger partial charge in [0.05, 0.1) is 12.9 Å². The van der Waals surface area contributed by atoms with Crippen molar-refractivity contribution in [3.8, 4) is 0 Å². The Morgan fingerprint density at radius 2 is 2.20 bits per heavy atom. The van der Waals surface area contributed by atoms with Crippen molar-refractivity contribution in [2.45, 2.75) is 46.8 Å². The lowest BCUT2D eigenvalue weighted by atomic mass is 9.56. The van der Waals surface area contributed by atoms with E-state index >= 15 is 0 Å². The molecular formula is C20H29NO4. The first-order valence-electron chi connectivity index (χ1n) is 9.12. The molecule has 2 bridgehead atoms. The van der Waals surface area contributed by atoms with E-state index in [2.05, 4.69) is 32.2 Å². The SMILES string of the molecule is CC1=C[C@H](C)[C@]2(COC(=O)NC(C)C)CO[C@H](c3ccco3)[C@@H]1[C@@H]2C. The summed E-state index contributed by atoms with van der Waals surface area (Å²) in [5.74, 6) is 1.70. The summed E-state index contributed by atoms with van der Waals surface area (Å²) in [6.07, 6.45) is 3.56. The molecule has 1 saturated heterocycles. The summed E-state index contributed by atoms with van der Waals surface area (Å²) < 4.78 is 17.5. The molecule has 1 aliphatic carbocycles. The number of nitrogens with one attached hydrogen (secondary N) is 1. The molecule has 5 heteroatoms. The Morgan fingerprint density at radius 1 is 1.44 bits per heavy atom. The van der Waals surface area contributed by atoms with E-state index in [0.29, 0.717) is 19.1 Å². The number of carbonyl (C=O) groups excluding carboxylic acids is 1. The first-order chi connectivity index (χ1) is 11.8. The third-order valence-corrected chi connectivity index (χ3v) is 5.95. The predicted octanol–water partition coefficient (Wildman–Crippen LogP) is 4.32. The summed E-state index contributed by atoms with van der Waals surface area (Å²) in [6, 6.07) is 3.93. The molecule has 0 spiro atoms. The number of furan rings is 1. The van der Waals surface area contributed by atoms with Gasteiger partial charge < -0.3 is 19.2 Å². The molecule has 2 heterocycles. The maximum absolute atomic E-state index is 12.0. The minimum absolute atomic E-state index is 0.0621. The zero-order valence-electron chi connectivity index (χ0n) is 15.7. The molecule has 2 aliphatic rings. The molecule has 3 rings (SSSR count). The molecule has 138 valence electrons. The van der Waals surface area contributed by atoms with E-state index in [0.717, 1.165) is 5.76 Å². The molecule has 0 aromatic carbocycles. The van der Waals surface area contributed by atoms with Gasteiger partial charge in [-0.2, -0.15) is 0 Å². The smallest absolute Gasteiger partial charge is 0.407 e. The molecular weight excluding hydrogens is 318 g/mol. The van der Waals surface area contributed by atoms with E-state index in [-0.39, 0.29) is 35.5 Å². The second-order valence-corrected chi connectivity index (χ2v) is 7.87. The predicted molar refractivity (Wildman–Crippen MR) is 95.0 cm³/mol. The van der Waals surface area contributed by atoms with Crippen LogP contribution in [0.25, 0.3) is 0 Å². The van der Waals surface area contributed by atoms with Crippen molar-refractivity contribution in [1.82, 2.24) is 5.32 Å². The average Bonchev–Trinajstić information content (AvgIpc) is 3.05. The Kier molecular flexibility index (Phi) is 4.96. The average molecular weight is 347 g/mol. The van der Waals surface area contributed by atoms with Gasteiger partial charge in [0.1, 0.15) is 18.5 Å². The summed E-state index contributed by atoms with van der Waals surface area (Å²) in [5, 5.41) is 2.79. The van der Waals surface area contributed by atoms with Crippen molar-refractivity contribution in [2.24, 2.45) is 23.2 Å². The van der Waals surface area contributed by atoms with Crippen LogP contribution in [-0.4, -0.2) is 25.3 Å². The Bertz CT molecular complexity index is 636. The van der Waals surface area contributed by atoms with Crippen LogP contribution in [0.4, 0.5) is 4.79 Å². The van der Waals surface area contributed by atoms with Gasteiger partial charge >= 0.3 is 6.09 Å². The normalized spacial score (nSPS) is 34.6. The van der Waals surface area contributed by atoms with E-state index in [4.69, 9.17) is 13.9 Å². The van der Waals surface area contributed by atoms with Gasteiger partial charge in [-0.25, -0.2) is 4.79 Å². The fourth-order valence-corrected chi connectivity index (χ4v) is 4.44. The molecule has 0 unspecified atom stereocenters. The lowest BCUT2D eigenvalue weighted by Gasteiger charge is -2.54. The highest BCUT2D eigenvalue weighted by molar-refractivity contribution is 5.67. The first-order valence-corrected chi connectivity index (χ1v) is 9.12. The van der Waals surface area contributed by atoms with Crippen LogP contribution in [0.15, 0.2) is 34.5 Å². The van der Waals surface area contributed by atoms with E-state index in [1.165, 1.54) is 5.57 Å². The van der Waals surface area contributed by atoms with Crippen molar-refractivity contribution >= 4 is 6.09 Å². The Balaban J connectivity index is 1.82. The van der Waals surface area contributed by atoms with Crippen LogP contribution in [0.1, 0.15) is 46.5 Å². The zero-order valence-corrected chi connectivity index (χ0v) is 15.7. The molecule has 1 aromatic rings. The molecule has 1 amide bonds. The lowest BCUT2D eigenvalue weighted by Crippen LogP contribution is -2.54. The van der Waals surface area contributed by atoms with Crippen molar-refractivity contribution in [3.05, 3.63) is 35.8 Å². The Hall–Kier alpha value is -1.75. The molecule has 1 aliphatic heterocycles. The van der Waals surface area contributed by atoms with Gasteiger partial charge in [-0.1, -0.05) is 25.5 Å². The van der Waals surface area contributed by atoms with Gasteiger partial charge in [0.25, 0.3) is 0 Å². The highest BCUT2D eigenvalue weighted by Gasteiger charge is 2.55. The molecule has 25 heavy (non-hydrogen) atoms. The van der Waals surface area contributed by atoms with E-state index in [1.807, 2.05) is 26.0 Å². The van der Waals surface area contributed by atoms with Gasteiger partial charge in [-0.15, -0.1) is 0 Å². The number of carbonyl (C=O) groups is 1. The standard InChI is InChI=1S/C20H29NO4/c1-12(2)21-19(22)25-11-20-10-24-18(16-7-6-8-23-16)17(15(20)5)13(3)9-14(20)4/h6-9,12,14-15,17-18H,10-11H2,1-5H3,(H,21,22)/t14-,15-,17-,18+,20+/m0/s1. The van der Waals surface area contributed by atoms with Crippen LogP contribution >= 0.6 is 0 Å². The number of rotatable bonds is 4. The molecule has 0 saturated carbocycles. The van der Waals surface area contributed by atoms with Gasteiger partial charge in [-0.05, 0) is 44.7 Å². The Morgan fingerprint density at radius 3 is 2.84 bits per heavy atom. The van der Waals surface area contributed by atoms with Gasteiger partial charge in [0.2, 0.25) is 0 Å². The number of hydrogen-bond donors (Lipinski definition) is 1. The number of allylic oxidation sites excluding steroid dienone is 1. The molecule has 5 atom stereocenters. The Labute approximate surface area is 149 Å². The minimum atomic E-state index is -0.361. The fraction of sp³-hybridized carbons (Fsp3) is 0.650. The van der Waals surface area contributed by atoms with Gasteiger partial charge in [0.15, 0.2) is 0 Å². The van der Waals surface area contributed by atoms with Crippen LogP contribution in [0.3, 0.4) is 0 Å². The maximum atomic E-state index is 12.0. The number of ether oxygens (including phenoxy) is 2. The van der Waals surface area contributed by atoms with Crippen LogP contribution in [0.5, 0.6) is 0 Å². The molecule has 1 aromatic heterocycles. The number of fused-ring (bicyclic) bond motifs is 2. The largest absolute Gasteiger partial charge is 0.467 e. The number of hydrogen-bond acceptors (Lipinski definition) is 4. The zero-order chi connectivity index (χ0) is 18.2. The van der Waals surface area contributed by atoms with Crippen LogP contribution in [0.2, 0.25) is 0 Å². The topological polar surface area (TPSA) is 60.7 Å². The fourth-order valence-electron chi connectivity index (χ4n) is 4.44. The third-order valence-electron chi connectivity index (χ3n) is 5.95. The van der Waals surface area contributed by atoms with E-state index in [9.17, 15) is 4.79 Å². The second-order valence-electron chi connectivity index (χ2n) is 7.87. The van der Waals surface area contributed by atoms with Gasteiger partial charge in [-0.3, -0.25) is 0 Å². The number of alkyl carbamates (subject to hydrolysis) is 1. The quantitative estimate of drug-likeness (QED) is 0.824. The molecule has 0 radical (unpaired) electrons. The summed E-state index contributed by atoms with van der Waals surface area (Å²) in [5.41, 5.74) is 1.12. The third kappa shape index (κ3) is 3.22. The molecule has 5 nitrogen and oxygen atoms in total. The second kappa shape index (κ2) is 6.87. The lowest BCUT2D eigenvalue weighted by molar-refractivity contribution is -0.170. The van der Waals surface area contributed by atoms with Gasteiger partial charge in [0, 0.05) is 17.4 Å².